The van der Waals surface area contributed by atoms with Gasteiger partial charge in [-0.05, 0) is 42.3 Å². The van der Waals surface area contributed by atoms with Crippen molar-refractivity contribution in [2.75, 3.05) is 0 Å². The van der Waals surface area contributed by atoms with E-state index in [1.807, 2.05) is 0 Å². The molecule has 0 radical (unpaired) electrons. The van der Waals surface area contributed by atoms with Crippen molar-refractivity contribution < 1.29 is 0 Å². The molecular weight excluding hydrogens is 264 g/mol. The quantitative estimate of drug-likeness (QED) is 0.667. The zero-order valence-electron chi connectivity index (χ0n) is 14.1. The normalized spacial score (nSPS) is 22.9. The van der Waals surface area contributed by atoms with Crippen molar-refractivity contribution >= 4 is 12.2 Å². The lowest BCUT2D eigenvalue weighted by atomic mass is 9.63. The second kappa shape index (κ2) is 4.72. The second-order valence-corrected chi connectivity index (χ2v) is 9.55. The van der Waals surface area contributed by atoms with Gasteiger partial charge in [-0.15, -0.1) is 0 Å². The summed E-state index contributed by atoms with van der Waals surface area (Å²) in [6.45, 7) is 16.4. The topological polar surface area (TPSA) is 20.7 Å². The van der Waals surface area contributed by atoms with Crippen molar-refractivity contribution in [2.24, 2.45) is 10.8 Å². The molecule has 1 aliphatic rings. The average Bonchev–Trinajstić information content (AvgIpc) is 2.54. The van der Waals surface area contributed by atoms with Gasteiger partial charge in [0.2, 0.25) is 0 Å². The number of hydrogen-bond donors (Lipinski definition) is 1. The van der Waals surface area contributed by atoms with Gasteiger partial charge < -0.3 is 9.55 Å². The van der Waals surface area contributed by atoms with E-state index in [1.165, 1.54) is 25.0 Å². The molecule has 0 saturated heterocycles. The van der Waals surface area contributed by atoms with Crippen LogP contribution in [0.3, 0.4) is 0 Å². The summed E-state index contributed by atoms with van der Waals surface area (Å²) in [4.78, 5) is 3.27. The minimum atomic E-state index is 0.124. The Morgan fingerprint density at radius 1 is 1.15 bits per heavy atom. The first-order valence-electron chi connectivity index (χ1n) is 7.72. The fourth-order valence-electron chi connectivity index (χ4n) is 4.29. The fourth-order valence-corrected chi connectivity index (χ4v) is 4.60. The third kappa shape index (κ3) is 3.19. The Morgan fingerprint density at radius 2 is 1.65 bits per heavy atom. The Kier molecular flexibility index (Phi) is 3.73. The molecule has 0 aliphatic heterocycles. The predicted molar refractivity (Wildman–Crippen MR) is 88.8 cm³/mol. The second-order valence-electron chi connectivity index (χ2n) is 9.17. The number of H-pyrrole nitrogens is 1. The molecule has 1 heterocycles. The van der Waals surface area contributed by atoms with Crippen LogP contribution in [-0.2, 0) is 5.41 Å². The van der Waals surface area contributed by atoms with Crippen molar-refractivity contribution in [2.45, 2.75) is 79.2 Å². The molecule has 2 nitrogen and oxygen atoms in total. The lowest BCUT2D eigenvalue weighted by Gasteiger charge is -2.46. The van der Waals surface area contributed by atoms with E-state index in [-0.39, 0.29) is 5.41 Å². The summed E-state index contributed by atoms with van der Waals surface area (Å²) in [6, 6.07) is 0.515. The molecule has 1 N–H and O–H groups in total. The molecule has 1 aliphatic carbocycles. The molecule has 20 heavy (non-hydrogen) atoms. The summed E-state index contributed by atoms with van der Waals surface area (Å²) in [5.41, 5.74) is 2.22. The molecule has 0 spiro atoms. The summed E-state index contributed by atoms with van der Waals surface area (Å²) in [5.74, 6) is 0. The molecular formula is C17H30N2S. The molecule has 1 aromatic heterocycles. The molecule has 0 bridgehead atoms. The predicted octanol–water partition coefficient (Wildman–Crippen LogP) is 5.62. The minimum Gasteiger partial charge on any atom is -0.337 e. The highest BCUT2D eigenvalue weighted by Crippen LogP contribution is 2.50. The van der Waals surface area contributed by atoms with Crippen LogP contribution in [0.15, 0.2) is 6.20 Å². The monoisotopic (exact) mass is 294 g/mol. The summed E-state index contributed by atoms with van der Waals surface area (Å²) < 4.78 is 3.28. The SMILES string of the molecule is CC1(C)CC(n2c(C(C)(C)C)c[nH]c2=S)CC(C)(C)C1. The van der Waals surface area contributed by atoms with Gasteiger partial charge in [0.25, 0.3) is 0 Å². The number of aromatic amines is 1. The third-order valence-electron chi connectivity index (χ3n) is 4.48. The smallest absolute Gasteiger partial charge is 0.177 e. The Bertz CT molecular complexity index is 524. The number of aromatic nitrogens is 2. The fraction of sp³-hybridized carbons (Fsp3) is 0.824. The molecule has 0 amide bonds. The van der Waals surface area contributed by atoms with Crippen LogP contribution in [0.4, 0.5) is 0 Å². The maximum atomic E-state index is 5.58. The highest BCUT2D eigenvalue weighted by atomic mass is 32.1. The van der Waals surface area contributed by atoms with Crippen molar-refractivity contribution in [3.05, 3.63) is 16.7 Å². The summed E-state index contributed by atoms with van der Waals surface area (Å²) in [5, 5.41) is 0. The summed E-state index contributed by atoms with van der Waals surface area (Å²) in [7, 11) is 0. The van der Waals surface area contributed by atoms with Gasteiger partial charge in [-0.3, -0.25) is 0 Å². The molecule has 1 aromatic rings. The highest BCUT2D eigenvalue weighted by Gasteiger charge is 2.40. The van der Waals surface area contributed by atoms with Gasteiger partial charge in [0, 0.05) is 23.3 Å². The van der Waals surface area contributed by atoms with E-state index >= 15 is 0 Å². The first-order chi connectivity index (χ1) is 8.91. The van der Waals surface area contributed by atoms with E-state index in [1.54, 1.807) is 0 Å². The van der Waals surface area contributed by atoms with E-state index in [0.717, 1.165) is 4.77 Å². The van der Waals surface area contributed by atoms with Gasteiger partial charge in [-0.1, -0.05) is 48.5 Å². The lowest BCUT2D eigenvalue weighted by Crippen LogP contribution is -2.36. The largest absolute Gasteiger partial charge is 0.337 e. The Labute approximate surface area is 129 Å². The Morgan fingerprint density at radius 3 is 2.10 bits per heavy atom. The van der Waals surface area contributed by atoms with E-state index in [2.05, 4.69) is 64.2 Å². The summed E-state index contributed by atoms with van der Waals surface area (Å²) >= 11 is 5.58. The first-order valence-corrected chi connectivity index (χ1v) is 8.13. The molecule has 1 fully saturated rings. The van der Waals surface area contributed by atoms with Crippen LogP contribution in [-0.4, -0.2) is 9.55 Å². The number of imidazole rings is 1. The van der Waals surface area contributed by atoms with Gasteiger partial charge in [-0.2, -0.15) is 0 Å². The Hall–Kier alpha value is -0.570. The molecule has 2 rings (SSSR count). The van der Waals surface area contributed by atoms with Crippen LogP contribution in [0.1, 0.15) is 79.5 Å². The van der Waals surface area contributed by atoms with Crippen molar-refractivity contribution in [3.63, 3.8) is 0 Å². The molecule has 114 valence electrons. The van der Waals surface area contributed by atoms with Crippen LogP contribution < -0.4 is 0 Å². The molecule has 0 unspecified atom stereocenters. The third-order valence-corrected chi connectivity index (χ3v) is 4.79. The zero-order chi connectivity index (χ0) is 15.3. The number of hydrogen-bond acceptors (Lipinski definition) is 1. The van der Waals surface area contributed by atoms with E-state index in [9.17, 15) is 0 Å². The lowest BCUT2D eigenvalue weighted by molar-refractivity contribution is 0.0696. The Balaban J connectivity index is 2.46. The van der Waals surface area contributed by atoms with Crippen LogP contribution in [0, 0.1) is 15.6 Å². The maximum absolute atomic E-state index is 5.58. The van der Waals surface area contributed by atoms with Crippen molar-refractivity contribution in [1.29, 1.82) is 0 Å². The zero-order valence-corrected chi connectivity index (χ0v) is 14.9. The summed E-state index contributed by atoms with van der Waals surface area (Å²) in [6.07, 6.45) is 5.83. The first kappa shape index (κ1) is 15.8. The number of rotatable bonds is 1. The molecule has 1 saturated carbocycles. The van der Waals surface area contributed by atoms with Gasteiger partial charge in [0.05, 0.1) is 0 Å². The van der Waals surface area contributed by atoms with E-state index < -0.39 is 0 Å². The van der Waals surface area contributed by atoms with E-state index in [4.69, 9.17) is 12.2 Å². The minimum absolute atomic E-state index is 0.124. The van der Waals surface area contributed by atoms with Gasteiger partial charge in [-0.25, -0.2) is 0 Å². The average molecular weight is 295 g/mol. The van der Waals surface area contributed by atoms with Crippen LogP contribution in [0.2, 0.25) is 0 Å². The van der Waals surface area contributed by atoms with Crippen molar-refractivity contribution in [3.8, 4) is 0 Å². The van der Waals surface area contributed by atoms with Crippen LogP contribution >= 0.6 is 12.2 Å². The molecule has 0 aromatic carbocycles. The van der Waals surface area contributed by atoms with Gasteiger partial charge in [0.1, 0.15) is 0 Å². The van der Waals surface area contributed by atoms with Gasteiger partial charge >= 0.3 is 0 Å². The maximum Gasteiger partial charge on any atom is 0.177 e. The number of nitrogens with one attached hydrogen (secondary N) is 1. The van der Waals surface area contributed by atoms with Crippen LogP contribution in [0.5, 0.6) is 0 Å². The standard InChI is InChI=1S/C17H30N2S/c1-15(2,3)13-10-18-14(20)19(13)12-8-16(4,5)11-17(6,7)9-12/h10,12H,8-9,11H2,1-7H3,(H,18,20). The van der Waals surface area contributed by atoms with Crippen molar-refractivity contribution in [1.82, 2.24) is 9.55 Å². The number of nitrogens with zero attached hydrogens (tertiary/aromatic N) is 1. The van der Waals surface area contributed by atoms with Crippen LogP contribution in [0.25, 0.3) is 0 Å². The highest BCUT2D eigenvalue weighted by molar-refractivity contribution is 7.71. The van der Waals surface area contributed by atoms with E-state index in [0.29, 0.717) is 16.9 Å². The molecule has 3 heteroatoms. The molecule has 0 atom stereocenters. The van der Waals surface area contributed by atoms with Gasteiger partial charge in [0.15, 0.2) is 4.77 Å².